The molecule has 3 rings (SSSR count). The normalized spacial score (nSPS) is 19.8. The van der Waals surface area contributed by atoms with E-state index in [4.69, 9.17) is 9.15 Å². The van der Waals surface area contributed by atoms with Crippen molar-refractivity contribution in [1.82, 2.24) is 4.98 Å². The van der Waals surface area contributed by atoms with E-state index in [1.54, 1.807) is 6.92 Å². The standard InChI is InChI=1S/C12H15NO3/c1-2-15-12(14)10-9(7-3-4-7)13-11(16-10)8-5-6-8/h7-8H,2-6H2,1H3. The Labute approximate surface area is 94.0 Å². The second kappa shape index (κ2) is 3.61. The van der Waals surface area contributed by atoms with Crippen LogP contribution in [0.25, 0.3) is 0 Å². The quantitative estimate of drug-likeness (QED) is 0.733. The summed E-state index contributed by atoms with van der Waals surface area (Å²) in [6.45, 7) is 2.18. The van der Waals surface area contributed by atoms with Gasteiger partial charge in [-0.2, -0.15) is 0 Å². The van der Waals surface area contributed by atoms with Crippen LogP contribution >= 0.6 is 0 Å². The number of rotatable bonds is 4. The molecule has 1 heterocycles. The number of oxazole rings is 1. The molecule has 1 aromatic heterocycles. The maximum atomic E-state index is 11.7. The molecule has 86 valence electrons. The lowest BCUT2D eigenvalue weighted by Gasteiger charge is -1.98. The predicted octanol–water partition coefficient (Wildman–Crippen LogP) is 2.61. The van der Waals surface area contributed by atoms with Crippen molar-refractivity contribution in [2.24, 2.45) is 0 Å². The summed E-state index contributed by atoms with van der Waals surface area (Å²) in [5, 5.41) is 0. The zero-order chi connectivity index (χ0) is 11.1. The molecular formula is C12H15NO3. The van der Waals surface area contributed by atoms with E-state index in [1.165, 1.54) is 0 Å². The summed E-state index contributed by atoms with van der Waals surface area (Å²) in [5.74, 6) is 1.61. The van der Waals surface area contributed by atoms with Crippen molar-refractivity contribution >= 4 is 5.97 Å². The molecular weight excluding hydrogens is 206 g/mol. The largest absolute Gasteiger partial charge is 0.460 e. The maximum absolute atomic E-state index is 11.7. The molecule has 2 aliphatic rings. The van der Waals surface area contributed by atoms with Gasteiger partial charge in [-0.05, 0) is 32.6 Å². The van der Waals surface area contributed by atoms with Gasteiger partial charge < -0.3 is 9.15 Å². The van der Waals surface area contributed by atoms with Crippen LogP contribution in [0.4, 0.5) is 0 Å². The average Bonchev–Trinajstić information content (AvgIpc) is 3.16. The second-order valence-corrected chi connectivity index (χ2v) is 4.54. The molecule has 0 unspecified atom stereocenters. The topological polar surface area (TPSA) is 52.3 Å². The Hall–Kier alpha value is -1.32. The Morgan fingerprint density at radius 2 is 2.06 bits per heavy atom. The molecule has 0 radical (unpaired) electrons. The monoisotopic (exact) mass is 221 g/mol. The first kappa shape index (κ1) is 9.87. The summed E-state index contributed by atoms with van der Waals surface area (Å²) >= 11 is 0. The van der Waals surface area contributed by atoms with E-state index in [1.807, 2.05) is 0 Å². The van der Waals surface area contributed by atoms with Crippen molar-refractivity contribution in [1.29, 1.82) is 0 Å². The van der Waals surface area contributed by atoms with Crippen molar-refractivity contribution in [2.45, 2.75) is 44.4 Å². The van der Waals surface area contributed by atoms with Crippen LogP contribution in [0.2, 0.25) is 0 Å². The molecule has 2 aliphatic carbocycles. The summed E-state index contributed by atoms with van der Waals surface area (Å²) in [4.78, 5) is 16.2. The third-order valence-electron chi connectivity index (χ3n) is 3.02. The van der Waals surface area contributed by atoms with Gasteiger partial charge in [0.15, 0.2) is 5.89 Å². The molecule has 4 heteroatoms. The average molecular weight is 221 g/mol. The summed E-state index contributed by atoms with van der Waals surface area (Å²) in [7, 11) is 0. The Morgan fingerprint density at radius 1 is 1.38 bits per heavy atom. The van der Waals surface area contributed by atoms with E-state index < -0.39 is 0 Å². The molecule has 0 saturated heterocycles. The van der Waals surface area contributed by atoms with Crippen molar-refractivity contribution < 1.29 is 13.9 Å². The molecule has 0 atom stereocenters. The molecule has 4 nitrogen and oxygen atoms in total. The number of ether oxygens (including phenoxy) is 1. The third kappa shape index (κ3) is 1.72. The first-order valence-corrected chi connectivity index (χ1v) is 5.97. The van der Waals surface area contributed by atoms with Gasteiger partial charge in [0.05, 0.1) is 12.3 Å². The second-order valence-electron chi connectivity index (χ2n) is 4.54. The summed E-state index contributed by atoms with van der Waals surface area (Å²) in [5.41, 5.74) is 0.834. The van der Waals surface area contributed by atoms with E-state index >= 15 is 0 Å². The van der Waals surface area contributed by atoms with Crippen molar-refractivity contribution in [2.75, 3.05) is 6.61 Å². The molecule has 0 spiro atoms. The van der Waals surface area contributed by atoms with Gasteiger partial charge in [0, 0.05) is 11.8 Å². The summed E-state index contributed by atoms with van der Waals surface area (Å²) < 4.78 is 10.6. The lowest BCUT2D eigenvalue weighted by molar-refractivity contribution is 0.0486. The van der Waals surface area contributed by atoms with Gasteiger partial charge in [0.2, 0.25) is 5.76 Å². The summed E-state index contributed by atoms with van der Waals surface area (Å²) in [6.07, 6.45) is 4.49. The first-order chi connectivity index (χ1) is 7.79. The van der Waals surface area contributed by atoms with E-state index in [-0.39, 0.29) is 5.97 Å². The molecule has 2 saturated carbocycles. The van der Waals surface area contributed by atoms with Gasteiger partial charge in [-0.1, -0.05) is 0 Å². The van der Waals surface area contributed by atoms with E-state index in [0.29, 0.717) is 24.2 Å². The molecule has 16 heavy (non-hydrogen) atoms. The fourth-order valence-corrected chi connectivity index (χ4v) is 1.83. The van der Waals surface area contributed by atoms with Crippen LogP contribution in [-0.4, -0.2) is 17.6 Å². The Balaban J connectivity index is 1.90. The number of carbonyl (C=O) groups excluding carboxylic acids is 1. The molecule has 0 aromatic carbocycles. The SMILES string of the molecule is CCOC(=O)c1oc(C2CC2)nc1C1CC1. The van der Waals surface area contributed by atoms with E-state index in [0.717, 1.165) is 37.3 Å². The maximum Gasteiger partial charge on any atom is 0.376 e. The van der Waals surface area contributed by atoms with Crippen molar-refractivity contribution in [3.8, 4) is 0 Å². The van der Waals surface area contributed by atoms with E-state index in [2.05, 4.69) is 4.98 Å². The molecule has 2 fully saturated rings. The first-order valence-electron chi connectivity index (χ1n) is 5.97. The number of hydrogen-bond donors (Lipinski definition) is 0. The highest BCUT2D eigenvalue weighted by atomic mass is 16.5. The van der Waals surface area contributed by atoms with Crippen molar-refractivity contribution in [3.05, 3.63) is 17.3 Å². The van der Waals surface area contributed by atoms with Crippen LogP contribution in [0, 0.1) is 0 Å². The highest BCUT2D eigenvalue weighted by Gasteiger charge is 2.37. The van der Waals surface area contributed by atoms with Crippen LogP contribution in [-0.2, 0) is 4.74 Å². The highest BCUT2D eigenvalue weighted by molar-refractivity contribution is 5.87. The third-order valence-corrected chi connectivity index (χ3v) is 3.02. The minimum Gasteiger partial charge on any atom is -0.460 e. The van der Waals surface area contributed by atoms with Gasteiger partial charge in [0.25, 0.3) is 0 Å². The van der Waals surface area contributed by atoms with Gasteiger partial charge in [-0.15, -0.1) is 0 Å². The number of carbonyl (C=O) groups is 1. The predicted molar refractivity (Wildman–Crippen MR) is 56.4 cm³/mol. The van der Waals surface area contributed by atoms with Crippen LogP contribution in [0.1, 0.15) is 66.6 Å². The Bertz CT molecular complexity index is 416. The van der Waals surface area contributed by atoms with Crippen LogP contribution in [0.5, 0.6) is 0 Å². The molecule has 0 N–H and O–H groups in total. The molecule has 0 aliphatic heterocycles. The molecule has 0 bridgehead atoms. The number of aromatic nitrogens is 1. The fourth-order valence-electron chi connectivity index (χ4n) is 1.83. The Morgan fingerprint density at radius 3 is 2.62 bits per heavy atom. The lowest BCUT2D eigenvalue weighted by atomic mass is 10.2. The zero-order valence-electron chi connectivity index (χ0n) is 9.36. The van der Waals surface area contributed by atoms with Gasteiger partial charge >= 0.3 is 5.97 Å². The lowest BCUT2D eigenvalue weighted by Crippen LogP contribution is -2.05. The van der Waals surface area contributed by atoms with Gasteiger partial charge in [-0.25, -0.2) is 9.78 Å². The number of esters is 1. The van der Waals surface area contributed by atoms with Crippen molar-refractivity contribution in [3.63, 3.8) is 0 Å². The molecule has 1 aromatic rings. The number of nitrogens with zero attached hydrogens (tertiary/aromatic N) is 1. The van der Waals surface area contributed by atoms with E-state index in [9.17, 15) is 4.79 Å². The van der Waals surface area contributed by atoms with Crippen LogP contribution in [0.15, 0.2) is 4.42 Å². The van der Waals surface area contributed by atoms with Gasteiger partial charge in [-0.3, -0.25) is 0 Å². The van der Waals surface area contributed by atoms with Crippen LogP contribution in [0.3, 0.4) is 0 Å². The Kier molecular flexibility index (Phi) is 2.23. The fraction of sp³-hybridized carbons (Fsp3) is 0.667. The van der Waals surface area contributed by atoms with Gasteiger partial charge in [0.1, 0.15) is 0 Å². The number of hydrogen-bond acceptors (Lipinski definition) is 4. The van der Waals surface area contributed by atoms with Crippen LogP contribution < -0.4 is 0 Å². The minimum absolute atomic E-state index is 0.353. The smallest absolute Gasteiger partial charge is 0.376 e. The highest BCUT2D eigenvalue weighted by Crippen LogP contribution is 2.45. The zero-order valence-corrected chi connectivity index (χ0v) is 9.36. The molecule has 0 amide bonds. The minimum atomic E-state index is -0.358. The summed E-state index contributed by atoms with van der Waals surface area (Å²) in [6, 6.07) is 0.